The van der Waals surface area contributed by atoms with Crippen molar-refractivity contribution in [2.45, 2.75) is 39.8 Å². The number of nitrogens with zero attached hydrogens (tertiary/aromatic N) is 4. The Labute approximate surface area is 191 Å². The zero-order valence-corrected chi connectivity index (χ0v) is 19.4. The molecule has 0 radical (unpaired) electrons. The zero-order valence-electron chi connectivity index (χ0n) is 18.6. The van der Waals surface area contributed by atoms with Crippen molar-refractivity contribution in [3.8, 4) is 5.75 Å². The number of aromatic nitrogens is 2. The zero-order chi connectivity index (χ0) is 22.2. The first-order chi connectivity index (χ1) is 15.5. The van der Waals surface area contributed by atoms with E-state index in [0.29, 0.717) is 34.8 Å². The summed E-state index contributed by atoms with van der Waals surface area (Å²) in [4.78, 5) is 36.6. The predicted octanol–water partition coefficient (Wildman–Crippen LogP) is 3.07. The molecule has 1 fully saturated rings. The smallest absolute Gasteiger partial charge is 0.264 e. The number of hydrogen-bond acceptors (Lipinski definition) is 6. The molecule has 4 heterocycles. The quantitative estimate of drug-likeness (QED) is 0.595. The Balaban J connectivity index is 1.26. The first-order valence-electron chi connectivity index (χ1n) is 11.3. The molecule has 1 saturated heterocycles. The Kier molecular flexibility index (Phi) is 5.73. The fraction of sp³-hybridized carbons (Fsp3) is 0.458. The summed E-state index contributed by atoms with van der Waals surface area (Å²) in [7, 11) is 0. The highest BCUT2D eigenvalue weighted by atomic mass is 32.1. The SMILES string of the molecule is CCOc1ccc(CN2CCN(C(=O)c3sc4nc5n(c(=O)c4c3C)CCC5)CC2)cc1. The maximum atomic E-state index is 13.3. The fourth-order valence-electron chi connectivity index (χ4n) is 4.65. The van der Waals surface area contributed by atoms with E-state index in [2.05, 4.69) is 17.0 Å². The normalized spacial score (nSPS) is 16.5. The number of fused-ring (bicyclic) bond motifs is 2. The second-order valence-electron chi connectivity index (χ2n) is 8.47. The third kappa shape index (κ3) is 3.82. The molecular weight excluding hydrogens is 424 g/mol. The molecule has 0 aliphatic carbocycles. The van der Waals surface area contributed by atoms with Gasteiger partial charge in [-0.15, -0.1) is 11.3 Å². The number of aryl methyl sites for hydroxylation is 2. The molecule has 7 nitrogen and oxygen atoms in total. The van der Waals surface area contributed by atoms with Gasteiger partial charge < -0.3 is 9.64 Å². The third-order valence-electron chi connectivity index (χ3n) is 6.41. The van der Waals surface area contributed by atoms with E-state index in [-0.39, 0.29) is 11.5 Å². The van der Waals surface area contributed by atoms with Gasteiger partial charge in [0.2, 0.25) is 0 Å². The van der Waals surface area contributed by atoms with Crippen LogP contribution in [0.5, 0.6) is 5.75 Å². The van der Waals surface area contributed by atoms with Crippen LogP contribution in [0.3, 0.4) is 0 Å². The third-order valence-corrected chi connectivity index (χ3v) is 7.58. The van der Waals surface area contributed by atoms with E-state index in [1.165, 1.54) is 16.9 Å². The van der Waals surface area contributed by atoms with Crippen LogP contribution in [-0.4, -0.2) is 58.0 Å². The Morgan fingerprint density at radius 3 is 2.59 bits per heavy atom. The Morgan fingerprint density at radius 2 is 1.88 bits per heavy atom. The van der Waals surface area contributed by atoms with Gasteiger partial charge in [-0.25, -0.2) is 4.98 Å². The van der Waals surface area contributed by atoms with Gasteiger partial charge in [0.1, 0.15) is 16.4 Å². The van der Waals surface area contributed by atoms with Crippen LogP contribution < -0.4 is 10.3 Å². The average Bonchev–Trinajstić information content (AvgIpc) is 3.40. The summed E-state index contributed by atoms with van der Waals surface area (Å²) in [5.74, 6) is 1.77. The van der Waals surface area contributed by atoms with Crippen LogP contribution in [0.2, 0.25) is 0 Å². The highest BCUT2D eigenvalue weighted by molar-refractivity contribution is 7.20. The summed E-state index contributed by atoms with van der Waals surface area (Å²) >= 11 is 1.37. The van der Waals surface area contributed by atoms with Gasteiger partial charge in [-0.2, -0.15) is 0 Å². The number of carbonyl (C=O) groups excluding carboxylic acids is 1. The lowest BCUT2D eigenvalue weighted by molar-refractivity contribution is 0.0632. The lowest BCUT2D eigenvalue weighted by Crippen LogP contribution is -2.48. The van der Waals surface area contributed by atoms with Crippen LogP contribution in [0.25, 0.3) is 10.2 Å². The summed E-state index contributed by atoms with van der Waals surface area (Å²) in [6, 6.07) is 8.22. The first kappa shape index (κ1) is 21.2. The molecule has 2 aromatic heterocycles. The number of hydrogen-bond donors (Lipinski definition) is 0. The van der Waals surface area contributed by atoms with E-state index in [1.807, 2.05) is 30.9 Å². The van der Waals surface area contributed by atoms with Crippen molar-refractivity contribution in [3.63, 3.8) is 0 Å². The molecule has 0 atom stereocenters. The van der Waals surface area contributed by atoms with Gasteiger partial charge >= 0.3 is 0 Å². The van der Waals surface area contributed by atoms with E-state index in [9.17, 15) is 9.59 Å². The van der Waals surface area contributed by atoms with Gasteiger partial charge in [-0.1, -0.05) is 12.1 Å². The summed E-state index contributed by atoms with van der Waals surface area (Å²) < 4.78 is 7.29. The van der Waals surface area contributed by atoms with Crippen LogP contribution in [0.1, 0.15) is 40.0 Å². The van der Waals surface area contributed by atoms with Crippen molar-refractivity contribution in [2.24, 2.45) is 0 Å². The lowest BCUT2D eigenvalue weighted by atomic mass is 10.1. The van der Waals surface area contributed by atoms with E-state index >= 15 is 0 Å². The number of ether oxygens (including phenoxy) is 1. The van der Waals surface area contributed by atoms with E-state index in [4.69, 9.17) is 9.72 Å². The van der Waals surface area contributed by atoms with Gasteiger partial charge in [-0.05, 0) is 43.5 Å². The van der Waals surface area contributed by atoms with Crippen LogP contribution in [0.15, 0.2) is 29.1 Å². The van der Waals surface area contributed by atoms with Gasteiger partial charge in [0.05, 0.1) is 16.9 Å². The molecule has 0 saturated carbocycles. The maximum absolute atomic E-state index is 13.3. The number of benzene rings is 1. The van der Waals surface area contributed by atoms with E-state index < -0.39 is 0 Å². The van der Waals surface area contributed by atoms with Gasteiger partial charge in [-0.3, -0.25) is 19.1 Å². The Bertz CT molecular complexity index is 1210. The van der Waals surface area contributed by atoms with Crippen molar-refractivity contribution >= 4 is 27.5 Å². The molecule has 0 bridgehead atoms. The van der Waals surface area contributed by atoms with Gasteiger partial charge in [0.15, 0.2) is 0 Å². The second-order valence-corrected chi connectivity index (χ2v) is 9.47. The standard InChI is InChI=1S/C24H28N4O3S/c1-3-31-18-8-6-17(7-9-18)15-26-11-13-27(14-12-26)24(30)21-16(2)20-22(32-21)25-19-5-4-10-28(19)23(20)29/h6-9H,3-5,10-15H2,1-2H3. The molecule has 32 heavy (non-hydrogen) atoms. The van der Waals surface area contributed by atoms with Crippen molar-refractivity contribution in [3.05, 3.63) is 56.4 Å². The summed E-state index contributed by atoms with van der Waals surface area (Å²) in [5.41, 5.74) is 2.04. The molecule has 3 aromatic rings. The van der Waals surface area contributed by atoms with Crippen LogP contribution in [-0.2, 0) is 19.5 Å². The highest BCUT2D eigenvalue weighted by Gasteiger charge is 2.28. The second kappa shape index (κ2) is 8.67. The number of thiophene rings is 1. The van der Waals surface area contributed by atoms with Crippen molar-refractivity contribution < 1.29 is 9.53 Å². The molecule has 1 amide bonds. The highest BCUT2D eigenvalue weighted by Crippen LogP contribution is 2.30. The van der Waals surface area contributed by atoms with Gasteiger partial charge in [0.25, 0.3) is 11.5 Å². The van der Waals surface area contributed by atoms with Crippen molar-refractivity contribution in [1.82, 2.24) is 19.4 Å². The van der Waals surface area contributed by atoms with Crippen molar-refractivity contribution in [1.29, 1.82) is 0 Å². The molecular formula is C24H28N4O3S. The minimum absolute atomic E-state index is 0.00970. The first-order valence-corrected chi connectivity index (χ1v) is 12.1. The number of rotatable bonds is 5. The van der Waals surface area contributed by atoms with E-state index in [0.717, 1.165) is 56.2 Å². The molecule has 5 rings (SSSR count). The van der Waals surface area contributed by atoms with Crippen molar-refractivity contribution in [2.75, 3.05) is 32.8 Å². The summed E-state index contributed by atoms with van der Waals surface area (Å²) in [5, 5.41) is 0.623. The minimum Gasteiger partial charge on any atom is -0.494 e. The average molecular weight is 453 g/mol. The number of carbonyl (C=O) groups is 1. The monoisotopic (exact) mass is 452 g/mol. The Hall–Kier alpha value is -2.71. The van der Waals surface area contributed by atoms with E-state index in [1.54, 1.807) is 4.57 Å². The molecule has 0 N–H and O–H groups in total. The maximum Gasteiger partial charge on any atom is 0.264 e. The van der Waals surface area contributed by atoms with Crippen LogP contribution in [0.4, 0.5) is 0 Å². The largest absolute Gasteiger partial charge is 0.494 e. The number of piperazine rings is 1. The molecule has 1 aromatic carbocycles. The molecule has 2 aliphatic heterocycles. The predicted molar refractivity (Wildman–Crippen MR) is 126 cm³/mol. The minimum atomic E-state index is 0.00970. The molecule has 168 valence electrons. The molecule has 0 spiro atoms. The summed E-state index contributed by atoms with van der Waals surface area (Å²) in [6.45, 7) is 9.17. The number of amides is 1. The molecule has 8 heteroatoms. The topological polar surface area (TPSA) is 67.7 Å². The lowest BCUT2D eigenvalue weighted by Gasteiger charge is -2.34. The summed E-state index contributed by atoms with van der Waals surface area (Å²) in [6.07, 6.45) is 1.80. The Morgan fingerprint density at radius 1 is 1.12 bits per heavy atom. The molecule has 2 aliphatic rings. The van der Waals surface area contributed by atoms with Crippen LogP contribution in [0, 0.1) is 6.92 Å². The fourth-order valence-corrected chi connectivity index (χ4v) is 5.81. The van der Waals surface area contributed by atoms with Gasteiger partial charge in [0, 0.05) is 45.7 Å². The molecule has 0 unspecified atom stereocenters. The van der Waals surface area contributed by atoms with Crippen LogP contribution >= 0.6 is 11.3 Å².